The molecule has 0 bridgehead atoms. The summed E-state index contributed by atoms with van der Waals surface area (Å²) in [5.74, 6) is -0.148. The molecule has 1 aliphatic heterocycles. The number of amides is 2. The molecule has 4 nitrogen and oxygen atoms in total. The van der Waals surface area contributed by atoms with Crippen LogP contribution in [0.1, 0.15) is 18.9 Å². The zero-order valence-corrected chi connectivity index (χ0v) is 10.6. The smallest absolute Gasteiger partial charge is 0.228 e. The summed E-state index contributed by atoms with van der Waals surface area (Å²) < 4.78 is 0. The zero-order valence-electron chi connectivity index (χ0n) is 10.6. The molecule has 1 fully saturated rings. The van der Waals surface area contributed by atoms with E-state index < -0.39 is 0 Å². The van der Waals surface area contributed by atoms with E-state index in [1.807, 2.05) is 37.3 Å². The topological polar surface area (TPSA) is 49.4 Å². The van der Waals surface area contributed by atoms with Crippen LogP contribution in [0.3, 0.4) is 0 Å². The molecule has 2 amide bonds. The summed E-state index contributed by atoms with van der Waals surface area (Å²) in [6.07, 6.45) is 0.324. The maximum Gasteiger partial charge on any atom is 0.228 e. The largest absolute Gasteiger partial charge is 0.355 e. The highest BCUT2D eigenvalue weighted by atomic mass is 16.2. The minimum atomic E-state index is -0.193. The number of benzene rings is 1. The molecular formula is C14H18N2O2. The van der Waals surface area contributed by atoms with Gasteiger partial charge in [0, 0.05) is 26.1 Å². The molecule has 1 unspecified atom stereocenters. The molecule has 96 valence electrons. The fourth-order valence-corrected chi connectivity index (χ4v) is 2.19. The van der Waals surface area contributed by atoms with E-state index in [4.69, 9.17) is 0 Å². The first-order valence-corrected chi connectivity index (χ1v) is 6.30. The summed E-state index contributed by atoms with van der Waals surface area (Å²) in [6, 6.07) is 9.91. The second-order valence-corrected chi connectivity index (χ2v) is 4.54. The van der Waals surface area contributed by atoms with E-state index in [1.54, 1.807) is 4.90 Å². The summed E-state index contributed by atoms with van der Waals surface area (Å²) in [6.45, 7) is 3.72. The summed E-state index contributed by atoms with van der Waals surface area (Å²) in [5, 5.41) is 2.71. The van der Waals surface area contributed by atoms with Crippen LogP contribution in [0.25, 0.3) is 0 Å². The van der Waals surface area contributed by atoms with Crippen molar-refractivity contribution >= 4 is 11.8 Å². The molecule has 1 atom stereocenters. The van der Waals surface area contributed by atoms with Crippen LogP contribution in [0.4, 0.5) is 0 Å². The summed E-state index contributed by atoms with van der Waals surface area (Å²) in [4.78, 5) is 25.2. The molecule has 1 heterocycles. The fourth-order valence-electron chi connectivity index (χ4n) is 2.19. The van der Waals surface area contributed by atoms with Gasteiger partial charge in [0.25, 0.3) is 0 Å². The lowest BCUT2D eigenvalue weighted by Crippen LogP contribution is -2.36. The number of carbonyl (C=O) groups excluding carboxylic acids is 2. The van der Waals surface area contributed by atoms with E-state index in [1.165, 1.54) is 0 Å². The van der Waals surface area contributed by atoms with Gasteiger partial charge < -0.3 is 10.2 Å². The minimum absolute atomic E-state index is 0.0240. The first-order chi connectivity index (χ1) is 8.70. The summed E-state index contributed by atoms with van der Waals surface area (Å²) in [5.41, 5.74) is 1.12. The van der Waals surface area contributed by atoms with Crippen molar-refractivity contribution in [3.63, 3.8) is 0 Å². The Morgan fingerprint density at radius 1 is 1.39 bits per heavy atom. The number of carbonyl (C=O) groups is 2. The van der Waals surface area contributed by atoms with Crippen molar-refractivity contribution in [1.29, 1.82) is 0 Å². The molecule has 1 N–H and O–H groups in total. The maximum absolute atomic E-state index is 12.3. The predicted octanol–water partition coefficient (Wildman–Crippen LogP) is 1.17. The van der Waals surface area contributed by atoms with Gasteiger partial charge in [-0.25, -0.2) is 0 Å². The van der Waals surface area contributed by atoms with E-state index in [0.29, 0.717) is 26.1 Å². The van der Waals surface area contributed by atoms with Crippen LogP contribution < -0.4 is 5.32 Å². The third kappa shape index (κ3) is 2.88. The predicted molar refractivity (Wildman–Crippen MR) is 68.6 cm³/mol. The van der Waals surface area contributed by atoms with E-state index in [2.05, 4.69) is 5.32 Å². The number of nitrogens with one attached hydrogen (secondary N) is 1. The lowest BCUT2D eigenvalue weighted by atomic mass is 10.1. The molecule has 2 rings (SSSR count). The third-order valence-corrected chi connectivity index (χ3v) is 3.24. The minimum Gasteiger partial charge on any atom is -0.355 e. The molecule has 0 radical (unpaired) electrons. The van der Waals surface area contributed by atoms with Crippen molar-refractivity contribution in [2.45, 2.75) is 19.9 Å². The Hall–Kier alpha value is -1.84. The molecule has 4 heteroatoms. The highest BCUT2D eigenvalue weighted by Crippen LogP contribution is 2.15. The van der Waals surface area contributed by atoms with Crippen LogP contribution in [-0.4, -0.2) is 29.8 Å². The van der Waals surface area contributed by atoms with Crippen LogP contribution in [0, 0.1) is 5.92 Å². The molecule has 0 spiro atoms. The molecule has 0 saturated carbocycles. The van der Waals surface area contributed by atoms with Crippen molar-refractivity contribution in [3.05, 3.63) is 35.9 Å². The van der Waals surface area contributed by atoms with Crippen LogP contribution in [-0.2, 0) is 16.1 Å². The second kappa shape index (κ2) is 5.67. The highest BCUT2D eigenvalue weighted by molar-refractivity contribution is 5.89. The van der Waals surface area contributed by atoms with Crippen molar-refractivity contribution in [3.8, 4) is 0 Å². The van der Waals surface area contributed by atoms with Crippen LogP contribution in [0.15, 0.2) is 30.3 Å². The highest BCUT2D eigenvalue weighted by Gasteiger charge is 2.30. The van der Waals surface area contributed by atoms with E-state index in [0.717, 1.165) is 5.56 Å². The van der Waals surface area contributed by atoms with Gasteiger partial charge in [-0.3, -0.25) is 9.59 Å². The third-order valence-electron chi connectivity index (χ3n) is 3.24. The Morgan fingerprint density at radius 2 is 2.11 bits per heavy atom. The molecule has 1 aromatic rings. The fraction of sp³-hybridized carbons (Fsp3) is 0.429. The van der Waals surface area contributed by atoms with Crippen LogP contribution in [0.2, 0.25) is 0 Å². The average molecular weight is 246 g/mol. The Bertz CT molecular complexity index is 431. The van der Waals surface area contributed by atoms with Gasteiger partial charge >= 0.3 is 0 Å². The Balaban J connectivity index is 2.00. The van der Waals surface area contributed by atoms with Crippen molar-refractivity contribution in [1.82, 2.24) is 10.2 Å². The average Bonchev–Trinajstić information content (AvgIpc) is 2.83. The van der Waals surface area contributed by atoms with Gasteiger partial charge in [0.1, 0.15) is 0 Å². The number of nitrogens with zero attached hydrogens (tertiary/aromatic N) is 1. The van der Waals surface area contributed by atoms with Crippen molar-refractivity contribution in [2.24, 2.45) is 5.92 Å². The normalized spacial score (nSPS) is 18.5. The van der Waals surface area contributed by atoms with Gasteiger partial charge in [-0.05, 0) is 12.5 Å². The van der Waals surface area contributed by atoms with Crippen molar-refractivity contribution in [2.75, 3.05) is 13.1 Å². The van der Waals surface area contributed by atoms with E-state index >= 15 is 0 Å². The second-order valence-electron chi connectivity index (χ2n) is 4.54. The van der Waals surface area contributed by atoms with Gasteiger partial charge in [-0.2, -0.15) is 0 Å². The van der Waals surface area contributed by atoms with Gasteiger partial charge in [-0.1, -0.05) is 30.3 Å². The van der Waals surface area contributed by atoms with Crippen molar-refractivity contribution < 1.29 is 9.59 Å². The standard InChI is InChI=1S/C14H18N2O2/c1-2-16(10-11-6-4-3-5-7-11)14(18)12-8-13(17)15-9-12/h3-7,12H,2,8-10H2,1H3,(H,15,17). The van der Waals surface area contributed by atoms with E-state index in [-0.39, 0.29) is 17.7 Å². The molecule has 1 aromatic carbocycles. The quantitative estimate of drug-likeness (QED) is 0.867. The van der Waals surface area contributed by atoms with E-state index in [9.17, 15) is 9.59 Å². The first-order valence-electron chi connectivity index (χ1n) is 6.30. The lowest BCUT2D eigenvalue weighted by molar-refractivity contribution is -0.136. The molecule has 18 heavy (non-hydrogen) atoms. The first kappa shape index (κ1) is 12.6. The number of hydrogen-bond acceptors (Lipinski definition) is 2. The van der Waals surface area contributed by atoms with Gasteiger partial charge in [-0.15, -0.1) is 0 Å². The number of rotatable bonds is 4. The Kier molecular flexibility index (Phi) is 3.97. The van der Waals surface area contributed by atoms with Gasteiger partial charge in [0.2, 0.25) is 11.8 Å². The molecule has 1 saturated heterocycles. The van der Waals surface area contributed by atoms with Gasteiger partial charge in [0.15, 0.2) is 0 Å². The van der Waals surface area contributed by atoms with Gasteiger partial charge in [0.05, 0.1) is 5.92 Å². The zero-order chi connectivity index (χ0) is 13.0. The van der Waals surface area contributed by atoms with Crippen LogP contribution >= 0.6 is 0 Å². The van der Waals surface area contributed by atoms with Crippen LogP contribution in [0.5, 0.6) is 0 Å². The monoisotopic (exact) mass is 246 g/mol. The summed E-state index contributed by atoms with van der Waals surface area (Å²) in [7, 11) is 0. The maximum atomic E-state index is 12.3. The molecule has 0 aromatic heterocycles. The molecular weight excluding hydrogens is 228 g/mol. The molecule has 0 aliphatic carbocycles. The SMILES string of the molecule is CCN(Cc1ccccc1)C(=O)C1CNC(=O)C1. The Morgan fingerprint density at radius 3 is 2.67 bits per heavy atom. The Labute approximate surface area is 107 Å². The number of hydrogen-bond donors (Lipinski definition) is 1. The molecule has 1 aliphatic rings. The summed E-state index contributed by atoms with van der Waals surface area (Å²) >= 11 is 0. The lowest BCUT2D eigenvalue weighted by Gasteiger charge is -2.23.